The van der Waals surface area contributed by atoms with Crippen molar-refractivity contribution in [2.45, 2.75) is 19.4 Å². The Morgan fingerprint density at radius 3 is 3.00 bits per heavy atom. The van der Waals surface area contributed by atoms with E-state index >= 15 is 0 Å². The van der Waals surface area contributed by atoms with Crippen LogP contribution in [-0.4, -0.2) is 28.9 Å². The number of anilines is 1. The molecule has 0 fully saturated rings. The van der Waals surface area contributed by atoms with Gasteiger partial charge in [0.2, 0.25) is 0 Å². The van der Waals surface area contributed by atoms with Crippen LogP contribution in [0.1, 0.15) is 22.2 Å². The Morgan fingerprint density at radius 1 is 1.55 bits per heavy atom. The lowest BCUT2D eigenvalue weighted by atomic mass is 10.1. The van der Waals surface area contributed by atoms with Gasteiger partial charge in [-0.05, 0) is 24.4 Å². The summed E-state index contributed by atoms with van der Waals surface area (Å²) >= 11 is 1.70. The van der Waals surface area contributed by atoms with Crippen LogP contribution >= 0.6 is 11.3 Å². The molecule has 0 aliphatic heterocycles. The van der Waals surface area contributed by atoms with E-state index < -0.39 is 0 Å². The summed E-state index contributed by atoms with van der Waals surface area (Å²) in [5.74, 6) is 5.34. The summed E-state index contributed by atoms with van der Waals surface area (Å²) in [5, 5.41) is 2.04. The molecule has 0 radical (unpaired) electrons. The van der Waals surface area contributed by atoms with Crippen LogP contribution in [0.3, 0.4) is 0 Å². The Kier molecular flexibility index (Phi) is 4.70. The van der Waals surface area contributed by atoms with E-state index in [2.05, 4.69) is 16.5 Å². The van der Waals surface area contributed by atoms with E-state index in [1.54, 1.807) is 35.5 Å². The average Bonchev–Trinajstić information content (AvgIpc) is 2.98. The van der Waals surface area contributed by atoms with Crippen LogP contribution in [-0.2, 0) is 6.42 Å². The SMILES string of the molecule is CC(Cc1cccs1)N(C)C(=O)c1cnccc1NN. The molecule has 0 aromatic carbocycles. The van der Waals surface area contributed by atoms with Gasteiger partial charge in [0.05, 0.1) is 11.3 Å². The monoisotopic (exact) mass is 290 g/mol. The first kappa shape index (κ1) is 14.5. The number of rotatable bonds is 5. The van der Waals surface area contributed by atoms with Gasteiger partial charge in [-0.3, -0.25) is 15.6 Å². The molecule has 3 N–H and O–H groups in total. The number of hydrazine groups is 1. The van der Waals surface area contributed by atoms with E-state index in [0.29, 0.717) is 11.3 Å². The lowest BCUT2D eigenvalue weighted by Gasteiger charge is -2.25. The van der Waals surface area contributed by atoms with Gasteiger partial charge in [-0.2, -0.15) is 0 Å². The Balaban J connectivity index is 2.11. The van der Waals surface area contributed by atoms with Gasteiger partial charge < -0.3 is 10.3 Å². The molecule has 0 spiro atoms. The molecular formula is C14H18N4OS. The highest BCUT2D eigenvalue weighted by Gasteiger charge is 2.20. The minimum absolute atomic E-state index is 0.0879. The molecular weight excluding hydrogens is 272 g/mol. The second kappa shape index (κ2) is 6.49. The summed E-state index contributed by atoms with van der Waals surface area (Å²) in [6, 6.07) is 5.89. The number of pyridine rings is 1. The van der Waals surface area contributed by atoms with E-state index in [1.807, 2.05) is 18.4 Å². The van der Waals surface area contributed by atoms with Gasteiger partial charge >= 0.3 is 0 Å². The number of amides is 1. The van der Waals surface area contributed by atoms with Gasteiger partial charge in [-0.15, -0.1) is 11.3 Å². The fourth-order valence-corrected chi connectivity index (χ4v) is 2.76. The van der Waals surface area contributed by atoms with Gasteiger partial charge in [0.25, 0.3) is 5.91 Å². The molecule has 1 unspecified atom stereocenters. The number of aromatic nitrogens is 1. The normalized spacial score (nSPS) is 11.9. The van der Waals surface area contributed by atoms with Crippen molar-refractivity contribution in [1.82, 2.24) is 9.88 Å². The van der Waals surface area contributed by atoms with Crippen LogP contribution in [0.15, 0.2) is 36.0 Å². The Labute approximate surface area is 122 Å². The Hall–Kier alpha value is -1.92. The summed E-state index contributed by atoms with van der Waals surface area (Å²) in [7, 11) is 1.80. The quantitative estimate of drug-likeness (QED) is 0.653. The lowest BCUT2D eigenvalue weighted by Crippen LogP contribution is -2.36. The predicted molar refractivity (Wildman–Crippen MR) is 81.6 cm³/mol. The van der Waals surface area contributed by atoms with Gasteiger partial charge in [0.15, 0.2) is 0 Å². The summed E-state index contributed by atoms with van der Waals surface area (Å²) in [5.41, 5.74) is 3.60. The minimum atomic E-state index is -0.0879. The molecule has 0 aliphatic carbocycles. The fraction of sp³-hybridized carbons (Fsp3) is 0.286. The molecule has 1 atom stereocenters. The lowest BCUT2D eigenvalue weighted by molar-refractivity contribution is 0.0744. The first-order valence-electron chi connectivity index (χ1n) is 6.33. The first-order chi connectivity index (χ1) is 9.63. The van der Waals surface area contributed by atoms with Crippen molar-refractivity contribution in [3.05, 3.63) is 46.4 Å². The van der Waals surface area contributed by atoms with Gasteiger partial charge in [0, 0.05) is 36.8 Å². The molecule has 1 amide bonds. The highest BCUT2D eigenvalue weighted by molar-refractivity contribution is 7.09. The van der Waals surface area contributed by atoms with E-state index in [-0.39, 0.29) is 11.9 Å². The number of thiophene rings is 1. The number of nitrogen functional groups attached to an aromatic ring is 1. The van der Waals surface area contributed by atoms with E-state index in [1.165, 1.54) is 11.1 Å². The zero-order valence-corrected chi connectivity index (χ0v) is 12.4. The number of nitrogens with one attached hydrogen (secondary N) is 1. The highest BCUT2D eigenvalue weighted by atomic mass is 32.1. The summed E-state index contributed by atoms with van der Waals surface area (Å²) in [4.78, 5) is 19.5. The van der Waals surface area contributed by atoms with Crippen molar-refractivity contribution >= 4 is 22.9 Å². The van der Waals surface area contributed by atoms with Gasteiger partial charge in [-0.25, -0.2) is 0 Å². The average molecular weight is 290 g/mol. The van der Waals surface area contributed by atoms with Crippen LogP contribution in [0.25, 0.3) is 0 Å². The van der Waals surface area contributed by atoms with Crippen molar-refractivity contribution in [1.29, 1.82) is 0 Å². The summed E-state index contributed by atoms with van der Waals surface area (Å²) < 4.78 is 0. The largest absolute Gasteiger partial charge is 0.339 e. The molecule has 6 heteroatoms. The van der Waals surface area contributed by atoms with Gasteiger partial charge in [-0.1, -0.05) is 6.07 Å². The fourth-order valence-electron chi connectivity index (χ4n) is 1.94. The maximum atomic E-state index is 12.5. The van der Waals surface area contributed by atoms with Crippen molar-refractivity contribution in [2.24, 2.45) is 5.84 Å². The van der Waals surface area contributed by atoms with Crippen LogP contribution in [0.4, 0.5) is 5.69 Å². The van der Waals surface area contributed by atoms with Crippen LogP contribution in [0.5, 0.6) is 0 Å². The van der Waals surface area contributed by atoms with Crippen molar-refractivity contribution < 1.29 is 4.79 Å². The maximum absolute atomic E-state index is 12.5. The third kappa shape index (κ3) is 3.15. The number of nitrogens with two attached hydrogens (primary N) is 1. The van der Waals surface area contributed by atoms with E-state index in [4.69, 9.17) is 5.84 Å². The van der Waals surface area contributed by atoms with Crippen molar-refractivity contribution in [3.8, 4) is 0 Å². The second-order valence-corrected chi connectivity index (χ2v) is 5.65. The first-order valence-corrected chi connectivity index (χ1v) is 7.21. The minimum Gasteiger partial charge on any atom is -0.339 e. The van der Waals surface area contributed by atoms with Crippen LogP contribution < -0.4 is 11.3 Å². The maximum Gasteiger partial charge on any atom is 0.257 e. The van der Waals surface area contributed by atoms with E-state index in [0.717, 1.165) is 6.42 Å². The molecule has 2 heterocycles. The van der Waals surface area contributed by atoms with E-state index in [9.17, 15) is 4.79 Å². The molecule has 20 heavy (non-hydrogen) atoms. The number of carbonyl (C=O) groups is 1. The Bertz CT molecular complexity index is 570. The number of hydrogen-bond acceptors (Lipinski definition) is 5. The standard InChI is InChI=1S/C14H18N4OS/c1-10(8-11-4-3-7-20-11)18(2)14(19)12-9-16-6-5-13(12)17-15/h3-7,9-10H,8,15H2,1-2H3,(H,16,17). The number of carbonyl (C=O) groups excluding carboxylic acids is 1. The second-order valence-electron chi connectivity index (χ2n) is 4.61. The van der Waals surface area contributed by atoms with Crippen LogP contribution in [0, 0.1) is 0 Å². The van der Waals surface area contributed by atoms with Crippen LogP contribution in [0.2, 0.25) is 0 Å². The summed E-state index contributed by atoms with van der Waals surface area (Å²) in [6.45, 7) is 2.03. The molecule has 0 bridgehead atoms. The highest BCUT2D eigenvalue weighted by Crippen LogP contribution is 2.18. The van der Waals surface area contributed by atoms with Crippen molar-refractivity contribution in [2.75, 3.05) is 12.5 Å². The molecule has 2 aromatic rings. The molecule has 2 aromatic heterocycles. The van der Waals surface area contributed by atoms with Crippen molar-refractivity contribution in [3.63, 3.8) is 0 Å². The zero-order valence-electron chi connectivity index (χ0n) is 11.5. The molecule has 5 nitrogen and oxygen atoms in total. The molecule has 0 aliphatic rings. The third-order valence-corrected chi connectivity index (χ3v) is 4.16. The van der Waals surface area contributed by atoms with Gasteiger partial charge in [0.1, 0.15) is 0 Å². The topological polar surface area (TPSA) is 71.2 Å². The molecule has 0 saturated carbocycles. The predicted octanol–water partition coefficient (Wildman–Crippen LogP) is 2.13. The number of hydrogen-bond donors (Lipinski definition) is 2. The third-order valence-electron chi connectivity index (χ3n) is 3.27. The molecule has 106 valence electrons. The molecule has 2 rings (SSSR count). The number of nitrogens with zero attached hydrogens (tertiary/aromatic N) is 2. The molecule has 0 saturated heterocycles. The zero-order chi connectivity index (χ0) is 14.5. The summed E-state index contributed by atoms with van der Waals surface area (Å²) in [6.07, 6.45) is 3.97. The Morgan fingerprint density at radius 2 is 2.35 bits per heavy atom. The number of likely N-dealkylation sites (N-methyl/N-ethyl adjacent to an activating group) is 1. The smallest absolute Gasteiger partial charge is 0.257 e.